The number of carbonyl (C=O) groups excluding carboxylic acids is 1. The summed E-state index contributed by atoms with van der Waals surface area (Å²) in [6.07, 6.45) is 2.44. The molecule has 0 aromatic carbocycles. The molecule has 6 nitrogen and oxygen atoms in total. The number of amides is 2. The van der Waals surface area contributed by atoms with Gasteiger partial charge in [0, 0.05) is 25.2 Å². The summed E-state index contributed by atoms with van der Waals surface area (Å²) in [4.78, 5) is 26.9. The van der Waals surface area contributed by atoms with Crippen LogP contribution in [0, 0.1) is 0 Å². The minimum Gasteiger partial charge on any atom is -0.481 e. The number of nitrogens with one attached hydrogen (secondary N) is 1. The van der Waals surface area contributed by atoms with Crippen molar-refractivity contribution in [2.45, 2.75) is 52.1 Å². The Labute approximate surface area is 121 Å². The van der Waals surface area contributed by atoms with Crippen molar-refractivity contribution in [3.05, 3.63) is 0 Å². The quantitative estimate of drug-likeness (QED) is 0.741. The Morgan fingerprint density at radius 3 is 2.40 bits per heavy atom. The van der Waals surface area contributed by atoms with Crippen LogP contribution in [0.1, 0.15) is 40.0 Å². The molecule has 0 bridgehead atoms. The van der Waals surface area contributed by atoms with Crippen LogP contribution in [0.2, 0.25) is 0 Å². The molecular weight excluding hydrogens is 258 g/mol. The number of hydrogen-bond donors (Lipinski definition) is 2. The van der Waals surface area contributed by atoms with Gasteiger partial charge in [-0.1, -0.05) is 0 Å². The Morgan fingerprint density at radius 2 is 1.90 bits per heavy atom. The van der Waals surface area contributed by atoms with Gasteiger partial charge >= 0.3 is 12.0 Å². The highest BCUT2D eigenvalue weighted by atomic mass is 16.4. The van der Waals surface area contributed by atoms with Crippen LogP contribution in [0.15, 0.2) is 0 Å². The van der Waals surface area contributed by atoms with Crippen LogP contribution in [0.3, 0.4) is 0 Å². The Morgan fingerprint density at radius 1 is 1.30 bits per heavy atom. The van der Waals surface area contributed by atoms with Gasteiger partial charge in [0.1, 0.15) is 0 Å². The molecule has 20 heavy (non-hydrogen) atoms. The van der Waals surface area contributed by atoms with Gasteiger partial charge in [-0.15, -0.1) is 0 Å². The fraction of sp³-hybridized carbons (Fsp3) is 0.857. The molecule has 2 unspecified atom stereocenters. The van der Waals surface area contributed by atoms with E-state index >= 15 is 0 Å². The summed E-state index contributed by atoms with van der Waals surface area (Å²) in [5.41, 5.74) is 0. The van der Waals surface area contributed by atoms with E-state index in [-0.39, 0.29) is 24.5 Å². The second kappa shape index (κ2) is 8.09. The van der Waals surface area contributed by atoms with E-state index in [9.17, 15) is 9.59 Å². The summed E-state index contributed by atoms with van der Waals surface area (Å²) in [7, 11) is 0. The smallest absolute Gasteiger partial charge is 0.317 e. The standard InChI is InChI=1S/C14H27N3O3/c1-4-17(12(3)9-13(18)19)14(20)15-11(2)10-16-7-5-6-8-16/h11-12H,4-10H2,1-3H3,(H,15,20)(H,18,19). The van der Waals surface area contributed by atoms with Crippen molar-refractivity contribution in [3.63, 3.8) is 0 Å². The molecule has 2 amide bonds. The number of carbonyl (C=O) groups is 2. The third kappa shape index (κ3) is 5.36. The van der Waals surface area contributed by atoms with Crippen LogP contribution in [0.4, 0.5) is 4.79 Å². The van der Waals surface area contributed by atoms with E-state index in [2.05, 4.69) is 10.2 Å². The van der Waals surface area contributed by atoms with E-state index in [1.165, 1.54) is 12.8 Å². The summed E-state index contributed by atoms with van der Waals surface area (Å²) in [5, 5.41) is 11.8. The molecule has 0 aliphatic carbocycles. The fourth-order valence-electron chi connectivity index (χ4n) is 2.71. The zero-order valence-corrected chi connectivity index (χ0v) is 12.8. The maximum Gasteiger partial charge on any atom is 0.317 e. The Kier molecular flexibility index (Phi) is 6.78. The number of rotatable bonds is 7. The molecule has 1 heterocycles. The third-order valence-electron chi connectivity index (χ3n) is 3.70. The first-order chi connectivity index (χ1) is 9.43. The summed E-state index contributed by atoms with van der Waals surface area (Å²) >= 11 is 0. The summed E-state index contributed by atoms with van der Waals surface area (Å²) in [5.74, 6) is -0.881. The lowest BCUT2D eigenvalue weighted by atomic mass is 10.2. The summed E-state index contributed by atoms with van der Waals surface area (Å²) < 4.78 is 0. The number of likely N-dealkylation sites (tertiary alicyclic amines) is 1. The van der Waals surface area contributed by atoms with Gasteiger partial charge in [-0.3, -0.25) is 4.79 Å². The lowest BCUT2D eigenvalue weighted by Crippen LogP contribution is -2.50. The molecule has 6 heteroatoms. The fourth-order valence-corrected chi connectivity index (χ4v) is 2.71. The van der Waals surface area contributed by atoms with E-state index in [1.807, 2.05) is 13.8 Å². The van der Waals surface area contributed by atoms with Crippen LogP contribution in [0.25, 0.3) is 0 Å². The molecule has 1 saturated heterocycles. The predicted octanol–water partition coefficient (Wildman–Crippen LogP) is 1.37. The molecule has 0 aromatic rings. The van der Waals surface area contributed by atoms with Gasteiger partial charge < -0.3 is 20.2 Å². The predicted molar refractivity (Wildman–Crippen MR) is 77.8 cm³/mol. The van der Waals surface area contributed by atoms with Gasteiger partial charge in [0.25, 0.3) is 0 Å². The van der Waals surface area contributed by atoms with E-state index in [0.717, 1.165) is 19.6 Å². The van der Waals surface area contributed by atoms with Crippen LogP contribution in [-0.2, 0) is 4.79 Å². The monoisotopic (exact) mass is 285 g/mol. The number of urea groups is 1. The number of hydrogen-bond acceptors (Lipinski definition) is 3. The van der Waals surface area contributed by atoms with Crippen molar-refractivity contribution in [3.8, 4) is 0 Å². The molecule has 1 aliphatic heterocycles. The van der Waals surface area contributed by atoms with Crippen LogP contribution < -0.4 is 5.32 Å². The van der Waals surface area contributed by atoms with Crippen molar-refractivity contribution in [1.82, 2.24) is 15.1 Å². The topological polar surface area (TPSA) is 72.9 Å². The van der Waals surface area contributed by atoms with Crippen molar-refractivity contribution in [1.29, 1.82) is 0 Å². The zero-order valence-electron chi connectivity index (χ0n) is 12.8. The van der Waals surface area contributed by atoms with Crippen molar-refractivity contribution >= 4 is 12.0 Å². The minimum atomic E-state index is -0.881. The summed E-state index contributed by atoms with van der Waals surface area (Å²) in [6, 6.07) is -0.392. The molecule has 0 radical (unpaired) electrons. The van der Waals surface area contributed by atoms with E-state index in [1.54, 1.807) is 11.8 Å². The van der Waals surface area contributed by atoms with Crippen molar-refractivity contribution in [2.24, 2.45) is 0 Å². The Hall–Kier alpha value is -1.30. The van der Waals surface area contributed by atoms with Gasteiger partial charge in [-0.05, 0) is 46.7 Å². The molecule has 1 aliphatic rings. The number of aliphatic carboxylic acids is 1. The van der Waals surface area contributed by atoms with Crippen molar-refractivity contribution in [2.75, 3.05) is 26.2 Å². The van der Waals surface area contributed by atoms with Crippen LogP contribution in [-0.4, -0.2) is 65.2 Å². The first-order valence-electron chi connectivity index (χ1n) is 7.45. The SMILES string of the molecule is CCN(C(=O)NC(C)CN1CCCC1)C(C)CC(=O)O. The number of nitrogens with zero attached hydrogens (tertiary/aromatic N) is 2. The van der Waals surface area contributed by atoms with Gasteiger partial charge in [0.05, 0.1) is 6.42 Å². The van der Waals surface area contributed by atoms with E-state index in [0.29, 0.717) is 6.54 Å². The molecule has 116 valence electrons. The lowest BCUT2D eigenvalue weighted by Gasteiger charge is -2.30. The van der Waals surface area contributed by atoms with Gasteiger partial charge in [-0.25, -0.2) is 4.79 Å². The molecule has 0 saturated carbocycles. The summed E-state index contributed by atoms with van der Waals surface area (Å²) in [6.45, 7) is 9.20. The number of carboxylic acids is 1. The molecular formula is C14H27N3O3. The minimum absolute atomic E-state index is 0.0260. The molecule has 1 fully saturated rings. The molecule has 0 aromatic heterocycles. The first kappa shape index (κ1) is 16.8. The molecule has 2 N–H and O–H groups in total. The average Bonchev–Trinajstić information content (AvgIpc) is 2.81. The molecule has 1 rings (SSSR count). The molecule has 0 spiro atoms. The van der Waals surface area contributed by atoms with Crippen LogP contribution in [0.5, 0.6) is 0 Å². The maximum atomic E-state index is 12.2. The highest BCUT2D eigenvalue weighted by molar-refractivity contribution is 5.76. The maximum absolute atomic E-state index is 12.2. The molecule has 2 atom stereocenters. The number of carboxylic acid groups (broad SMARTS) is 1. The van der Waals surface area contributed by atoms with E-state index in [4.69, 9.17) is 5.11 Å². The van der Waals surface area contributed by atoms with E-state index < -0.39 is 5.97 Å². The zero-order chi connectivity index (χ0) is 15.1. The van der Waals surface area contributed by atoms with Gasteiger partial charge in [-0.2, -0.15) is 0 Å². The normalized spacial score (nSPS) is 18.6. The first-order valence-corrected chi connectivity index (χ1v) is 7.45. The van der Waals surface area contributed by atoms with Gasteiger partial charge in [0.15, 0.2) is 0 Å². The second-order valence-electron chi connectivity index (χ2n) is 5.59. The van der Waals surface area contributed by atoms with Crippen LogP contribution >= 0.6 is 0 Å². The highest BCUT2D eigenvalue weighted by Gasteiger charge is 2.23. The lowest BCUT2D eigenvalue weighted by molar-refractivity contribution is -0.138. The largest absolute Gasteiger partial charge is 0.481 e. The van der Waals surface area contributed by atoms with Gasteiger partial charge in [0.2, 0.25) is 0 Å². The second-order valence-corrected chi connectivity index (χ2v) is 5.59. The third-order valence-corrected chi connectivity index (χ3v) is 3.70. The highest BCUT2D eigenvalue weighted by Crippen LogP contribution is 2.08. The Bertz CT molecular complexity index is 330. The Balaban J connectivity index is 2.42. The average molecular weight is 285 g/mol. The van der Waals surface area contributed by atoms with Crippen molar-refractivity contribution < 1.29 is 14.7 Å².